The first-order valence-electron chi connectivity index (χ1n) is 7.45. The van der Waals surface area contributed by atoms with Gasteiger partial charge in [-0.1, -0.05) is 0 Å². The maximum Gasteiger partial charge on any atom is 0.227 e. The van der Waals surface area contributed by atoms with Crippen molar-refractivity contribution in [2.75, 3.05) is 19.8 Å². The normalized spacial score (nSPS) is 29.6. The summed E-state index contributed by atoms with van der Waals surface area (Å²) < 4.78 is 5.32. The molecule has 1 aliphatic carbocycles. The Kier molecular flexibility index (Phi) is 4.99. The molecule has 5 N–H and O–H groups in total. The van der Waals surface area contributed by atoms with E-state index in [0.717, 1.165) is 25.7 Å². The van der Waals surface area contributed by atoms with Gasteiger partial charge in [-0.25, -0.2) is 0 Å². The molecule has 1 saturated carbocycles. The minimum atomic E-state index is -0.473. The van der Waals surface area contributed by atoms with Crippen molar-refractivity contribution >= 4 is 11.8 Å². The van der Waals surface area contributed by atoms with Gasteiger partial charge in [0, 0.05) is 31.7 Å². The molecule has 0 aromatic carbocycles. The third-order valence-corrected chi connectivity index (χ3v) is 4.79. The van der Waals surface area contributed by atoms with Crippen molar-refractivity contribution in [2.45, 2.75) is 44.6 Å². The fraction of sp³-hybridized carbons (Fsp3) is 0.857. The molecule has 0 aromatic rings. The molecule has 0 spiro atoms. The molecular formula is C14H25N3O3. The van der Waals surface area contributed by atoms with Crippen molar-refractivity contribution in [3.63, 3.8) is 0 Å². The lowest BCUT2D eigenvalue weighted by molar-refractivity contribution is -0.137. The number of carbonyl (C=O) groups excluding carboxylic acids is 2. The molecule has 0 bridgehead atoms. The Morgan fingerprint density at radius 1 is 1.15 bits per heavy atom. The summed E-state index contributed by atoms with van der Waals surface area (Å²) >= 11 is 0. The number of hydrogen-bond acceptors (Lipinski definition) is 4. The van der Waals surface area contributed by atoms with E-state index in [0.29, 0.717) is 32.6 Å². The van der Waals surface area contributed by atoms with Crippen LogP contribution in [-0.4, -0.2) is 37.6 Å². The van der Waals surface area contributed by atoms with Gasteiger partial charge in [0.05, 0.1) is 5.41 Å². The first kappa shape index (κ1) is 15.3. The zero-order valence-corrected chi connectivity index (χ0v) is 11.9. The highest BCUT2D eigenvalue weighted by Gasteiger charge is 2.40. The van der Waals surface area contributed by atoms with Gasteiger partial charge < -0.3 is 21.5 Å². The first-order chi connectivity index (χ1) is 9.57. The first-order valence-corrected chi connectivity index (χ1v) is 7.45. The molecule has 6 nitrogen and oxygen atoms in total. The van der Waals surface area contributed by atoms with Crippen LogP contribution in [0.4, 0.5) is 0 Å². The standard InChI is InChI=1S/C14H25N3O3/c15-9-14(5-7-20-8-6-14)13(19)17-11-3-1-10(2-4-11)12(16)18/h10-11H,1-9,15H2,(H2,16,18)(H,17,19). The molecule has 1 heterocycles. The predicted octanol–water partition coefficient (Wildman–Crippen LogP) is -0.0978. The van der Waals surface area contributed by atoms with Crippen LogP contribution in [0.1, 0.15) is 38.5 Å². The molecule has 0 radical (unpaired) electrons. The van der Waals surface area contributed by atoms with Crippen molar-refractivity contribution in [1.82, 2.24) is 5.32 Å². The van der Waals surface area contributed by atoms with Crippen molar-refractivity contribution in [1.29, 1.82) is 0 Å². The maximum atomic E-state index is 12.5. The van der Waals surface area contributed by atoms with Gasteiger partial charge in [0.15, 0.2) is 0 Å². The zero-order valence-electron chi connectivity index (χ0n) is 11.9. The van der Waals surface area contributed by atoms with Gasteiger partial charge in [-0.15, -0.1) is 0 Å². The highest BCUT2D eigenvalue weighted by atomic mass is 16.5. The van der Waals surface area contributed by atoms with Crippen LogP contribution >= 0.6 is 0 Å². The second kappa shape index (κ2) is 6.54. The third kappa shape index (κ3) is 3.30. The van der Waals surface area contributed by atoms with Gasteiger partial charge in [0.1, 0.15) is 0 Å². The Morgan fingerprint density at radius 3 is 2.25 bits per heavy atom. The molecule has 6 heteroatoms. The molecule has 0 unspecified atom stereocenters. The minimum absolute atomic E-state index is 0.0327. The molecule has 2 fully saturated rings. The summed E-state index contributed by atoms with van der Waals surface area (Å²) in [6.45, 7) is 1.55. The van der Waals surface area contributed by atoms with Crippen LogP contribution < -0.4 is 16.8 Å². The van der Waals surface area contributed by atoms with Gasteiger partial charge in [0.25, 0.3) is 0 Å². The van der Waals surface area contributed by atoms with Crippen LogP contribution in [0, 0.1) is 11.3 Å². The second-order valence-corrected chi connectivity index (χ2v) is 6.02. The number of hydrogen-bond donors (Lipinski definition) is 3. The predicted molar refractivity (Wildman–Crippen MR) is 74.6 cm³/mol. The van der Waals surface area contributed by atoms with Crippen molar-refractivity contribution in [3.05, 3.63) is 0 Å². The summed E-state index contributed by atoms with van der Waals surface area (Å²) in [6, 6.07) is 0.143. The van der Waals surface area contributed by atoms with E-state index in [1.54, 1.807) is 0 Å². The average Bonchev–Trinajstić information content (AvgIpc) is 2.48. The Labute approximate surface area is 119 Å². The fourth-order valence-electron chi connectivity index (χ4n) is 3.15. The van der Waals surface area contributed by atoms with Crippen LogP contribution in [0.5, 0.6) is 0 Å². The van der Waals surface area contributed by atoms with E-state index in [1.165, 1.54) is 0 Å². The third-order valence-electron chi connectivity index (χ3n) is 4.79. The Morgan fingerprint density at radius 2 is 1.75 bits per heavy atom. The molecule has 2 aliphatic rings. The number of carbonyl (C=O) groups is 2. The summed E-state index contributed by atoms with van der Waals surface area (Å²) in [5.41, 5.74) is 10.7. The van der Waals surface area contributed by atoms with E-state index in [2.05, 4.69) is 5.32 Å². The molecule has 1 aliphatic heterocycles. The summed E-state index contributed by atoms with van der Waals surface area (Å²) in [4.78, 5) is 23.6. The monoisotopic (exact) mass is 283 g/mol. The van der Waals surface area contributed by atoms with E-state index in [9.17, 15) is 9.59 Å². The van der Waals surface area contributed by atoms with Gasteiger partial charge >= 0.3 is 0 Å². The highest BCUT2D eigenvalue weighted by molar-refractivity contribution is 5.83. The van der Waals surface area contributed by atoms with Gasteiger partial charge in [0.2, 0.25) is 11.8 Å². The number of nitrogens with one attached hydrogen (secondary N) is 1. The number of rotatable bonds is 4. The number of ether oxygens (including phenoxy) is 1. The Bertz CT molecular complexity index is 359. The lowest BCUT2D eigenvalue weighted by Crippen LogP contribution is -2.52. The van der Waals surface area contributed by atoms with Crippen LogP contribution in [0.15, 0.2) is 0 Å². The Balaban J connectivity index is 1.86. The molecule has 0 atom stereocenters. The number of primary amides is 1. The molecular weight excluding hydrogens is 258 g/mol. The summed E-state index contributed by atoms with van der Waals surface area (Å²) in [7, 11) is 0. The van der Waals surface area contributed by atoms with Crippen molar-refractivity contribution in [2.24, 2.45) is 22.8 Å². The minimum Gasteiger partial charge on any atom is -0.381 e. The number of nitrogens with two attached hydrogens (primary N) is 2. The molecule has 2 rings (SSSR count). The van der Waals surface area contributed by atoms with Gasteiger partial charge in [-0.05, 0) is 38.5 Å². The fourth-order valence-corrected chi connectivity index (χ4v) is 3.15. The SMILES string of the molecule is NCC1(C(=O)NC2CCC(C(N)=O)CC2)CCOCC1. The summed E-state index contributed by atoms with van der Waals surface area (Å²) in [5.74, 6) is -0.210. The molecule has 0 aromatic heterocycles. The molecule has 1 saturated heterocycles. The largest absolute Gasteiger partial charge is 0.381 e. The number of amides is 2. The summed E-state index contributed by atoms with van der Waals surface area (Å²) in [5, 5.41) is 3.11. The quantitative estimate of drug-likeness (QED) is 0.669. The average molecular weight is 283 g/mol. The van der Waals surface area contributed by atoms with E-state index in [4.69, 9.17) is 16.2 Å². The molecule has 20 heavy (non-hydrogen) atoms. The van der Waals surface area contributed by atoms with Crippen LogP contribution in [-0.2, 0) is 14.3 Å². The highest BCUT2D eigenvalue weighted by Crippen LogP contribution is 2.31. The van der Waals surface area contributed by atoms with E-state index >= 15 is 0 Å². The molecule has 114 valence electrons. The van der Waals surface area contributed by atoms with E-state index in [-0.39, 0.29) is 23.8 Å². The van der Waals surface area contributed by atoms with Crippen LogP contribution in [0.25, 0.3) is 0 Å². The van der Waals surface area contributed by atoms with E-state index < -0.39 is 5.41 Å². The van der Waals surface area contributed by atoms with Gasteiger partial charge in [-0.2, -0.15) is 0 Å². The van der Waals surface area contributed by atoms with Crippen LogP contribution in [0.2, 0.25) is 0 Å². The maximum absolute atomic E-state index is 12.5. The zero-order chi connectivity index (χ0) is 14.6. The van der Waals surface area contributed by atoms with Gasteiger partial charge in [-0.3, -0.25) is 9.59 Å². The van der Waals surface area contributed by atoms with Crippen molar-refractivity contribution in [3.8, 4) is 0 Å². The van der Waals surface area contributed by atoms with Crippen molar-refractivity contribution < 1.29 is 14.3 Å². The van der Waals surface area contributed by atoms with Crippen LogP contribution in [0.3, 0.4) is 0 Å². The van der Waals surface area contributed by atoms with E-state index in [1.807, 2.05) is 0 Å². The lowest BCUT2D eigenvalue weighted by Gasteiger charge is -2.37. The summed E-state index contributed by atoms with van der Waals surface area (Å²) in [6.07, 6.45) is 4.53. The molecule has 2 amide bonds. The lowest BCUT2D eigenvalue weighted by atomic mass is 9.78. The smallest absolute Gasteiger partial charge is 0.227 e. The Hall–Kier alpha value is -1.14. The topological polar surface area (TPSA) is 107 Å². The second-order valence-electron chi connectivity index (χ2n) is 6.02.